The number of pyridine rings is 1. The van der Waals surface area contributed by atoms with E-state index < -0.39 is 0 Å². The van der Waals surface area contributed by atoms with Crippen LogP contribution in [0.4, 0.5) is 0 Å². The van der Waals surface area contributed by atoms with Crippen LogP contribution in [0.1, 0.15) is 19.7 Å². The van der Waals surface area contributed by atoms with E-state index in [9.17, 15) is 0 Å². The van der Waals surface area contributed by atoms with Gasteiger partial charge < -0.3 is 14.0 Å². The molecule has 0 atom stereocenters. The van der Waals surface area contributed by atoms with Crippen molar-refractivity contribution in [1.82, 2.24) is 44.7 Å². The molecule has 0 spiro atoms. The average Bonchev–Trinajstić information content (AvgIpc) is 3.51. The molecule has 0 saturated carbocycles. The van der Waals surface area contributed by atoms with Gasteiger partial charge in [-0.05, 0) is 26.0 Å². The van der Waals surface area contributed by atoms with Gasteiger partial charge in [-0.25, -0.2) is 9.67 Å². The smallest absolute Gasteiger partial charge is 0.311 e. The van der Waals surface area contributed by atoms with Gasteiger partial charge in [0.1, 0.15) is 18.5 Å². The highest BCUT2D eigenvalue weighted by Gasteiger charge is 2.20. The maximum Gasteiger partial charge on any atom is 0.311 e. The summed E-state index contributed by atoms with van der Waals surface area (Å²) in [6, 6.07) is 5.34. The Balaban J connectivity index is 1.60. The molecule has 0 N–H and O–H groups in total. The SMILES string of the molecule is CCOc1cc(-c2nnc3c4cccnc4c(OCc4ncnn4CC)nn23)no1. The van der Waals surface area contributed by atoms with Crippen molar-refractivity contribution in [1.29, 1.82) is 0 Å². The highest BCUT2D eigenvalue weighted by Crippen LogP contribution is 2.28. The van der Waals surface area contributed by atoms with E-state index >= 15 is 0 Å². The Morgan fingerprint density at radius 2 is 2.07 bits per heavy atom. The second-order valence-electron chi connectivity index (χ2n) is 6.21. The second-order valence-corrected chi connectivity index (χ2v) is 6.21. The Morgan fingerprint density at radius 3 is 2.93 bits per heavy atom. The summed E-state index contributed by atoms with van der Waals surface area (Å²) in [5, 5.41) is 22.0. The molecule has 0 radical (unpaired) electrons. The van der Waals surface area contributed by atoms with E-state index in [1.807, 2.05) is 26.0 Å². The van der Waals surface area contributed by atoms with Crippen molar-refractivity contribution in [2.75, 3.05) is 6.61 Å². The van der Waals surface area contributed by atoms with Gasteiger partial charge in [-0.2, -0.15) is 9.61 Å². The van der Waals surface area contributed by atoms with Gasteiger partial charge in [-0.3, -0.25) is 4.98 Å². The van der Waals surface area contributed by atoms with Crippen LogP contribution in [0, 0.1) is 0 Å². The van der Waals surface area contributed by atoms with Crippen LogP contribution >= 0.6 is 0 Å². The van der Waals surface area contributed by atoms with Gasteiger partial charge in [0, 0.05) is 12.7 Å². The molecule has 0 bridgehead atoms. The van der Waals surface area contributed by atoms with Gasteiger partial charge in [0.15, 0.2) is 17.2 Å². The zero-order chi connectivity index (χ0) is 20.5. The fourth-order valence-corrected chi connectivity index (χ4v) is 3.06. The Hall–Kier alpha value is -4.09. The van der Waals surface area contributed by atoms with Crippen molar-refractivity contribution in [2.45, 2.75) is 27.0 Å². The van der Waals surface area contributed by atoms with Crippen molar-refractivity contribution in [3.8, 4) is 23.3 Å². The van der Waals surface area contributed by atoms with Crippen LogP contribution < -0.4 is 9.47 Å². The van der Waals surface area contributed by atoms with E-state index in [2.05, 4.69) is 35.5 Å². The first-order valence-electron chi connectivity index (χ1n) is 9.38. The summed E-state index contributed by atoms with van der Waals surface area (Å²) in [4.78, 5) is 8.65. The molecular formula is C18H17N9O3. The molecule has 152 valence electrons. The molecule has 0 fully saturated rings. The number of fused-ring (bicyclic) bond motifs is 3. The van der Waals surface area contributed by atoms with Crippen molar-refractivity contribution in [3.63, 3.8) is 0 Å². The molecular weight excluding hydrogens is 390 g/mol. The molecule has 0 aliphatic heterocycles. The van der Waals surface area contributed by atoms with E-state index in [0.717, 1.165) is 5.39 Å². The summed E-state index contributed by atoms with van der Waals surface area (Å²) in [5.74, 6) is 1.69. The zero-order valence-electron chi connectivity index (χ0n) is 16.3. The van der Waals surface area contributed by atoms with Crippen LogP contribution in [0.5, 0.6) is 11.8 Å². The lowest BCUT2D eigenvalue weighted by Crippen LogP contribution is -2.09. The van der Waals surface area contributed by atoms with Gasteiger partial charge in [0.25, 0.3) is 5.88 Å². The first-order chi connectivity index (χ1) is 14.8. The number of nitrogens with zero attached hydrogens (tertiary/aromatic N) is 9. The third-order valence-electron chi connectivity index (χ3n) is 4.42. The van der Waals surface area contributed by atoms with Crippen molar-refractivity contribution in [3.05, 3.63) is 36.5 Å². The minimum atomic E-state index is 0.188. The highest BCUT2D eigenvalue weighted by atomic mass is 16.6. The average molecular weight is 407 g/mol. The molecule has 0 aliphatic carbocycles. The number of aryl methyl sites for hydroxylation is 1. The number of rotatable bonds is 7. The topological polar surface area (TPSA) is 131 Å². The number of ether oxygens (including phenoxy) is 2. The highest BCUT2D eigenvalue weighted by molar-refractivity contribution is 5.94. The van der Waals surface area contributed by atoms with E-state index in [0.29, 0.717) is 53.5 Å². The van der Waals surface area contributed by atoms with Gasteiger partial charge >= 0.3 is 5.95 Å². The van der Waals surface area contributed by atoms with Crippen LogP contribution in [-0.2, 0) is 13.2 Å². The van der Waals surface area contributed by atoms with Gasteiger partial charge in [-0.15, -0.1) is 15.3 Å². The van der Waals surface area contributed by atoms with E-state index in [1.165, 1.54) is 6.33 Å². The standard InChI is InChI=1S/C18H17N9O3/c1-3-26-13(20-10-21-26)9-29-18-15-11(6-5-7-19-15)16-22-23-17(27(16)24-18)12-8-14(28-4-2)30-25-12/h5-8,10H,3-4,9H2,1-2H3. The second kappa shape index (κ2) is 7.39. The maximum atomic E-state index is 5.98. The minimum absolute atomic E-state index is 0.188. The lowest BCUT2D eigenvalue weighted by molar-refractivity contribution is 0.226. The minimum Gasteiger partial charge on any atom is -0.467 e. The third-order valence-corrected chi connectivity index (χ3v) is 4.42. The molecule has 0 amide bonds. The molecule has 5 rings (SSSR count). The maximum absolute atomic E-state index is 5.98. The Kier molecular flexibility index (Phi) is 4.42. The fraction of sp³-hybridized carbons (Fsp3) is 0.278. The Labute approximate surface area is 169 Å². The van der Waals surface area contributed by atoms with E-state index in [4.69, 9.17) is 14.0 Å². The first-order valence-corrected chi connectivity index (χ1v) is 9.38. The normalized spacial score (nSPS) is 11.4. The summed E-state index contributed by atoms with van der Waals surface area (Å²) in [6.45, 7) is 5.18. The molecule has 30 heavy (non-hydrogen) atoms. The van der Waals surface area contributed by atoms with Gasteiger partial charge in [0.2, 0.25) is 5.82 Å². The molecule has 12 nitrogen and oxygen atoms in total. The zero-order valence-corrected chi connectivity index (χ0v) is 16.3. The molecule has 0 aliphatic rings. The molecule has 12 heteroatoms. The summed E-state index contributed by atoms with van der Waals surface area (Å²) in [7, 11) is 0. The van der Waals surface area contributed by atoms with E-state index in [1.54, 1.807) is 21.5 Å². The van der Waals surface area contributed by atoms with Crippen LogP contribution in [0.3, 0.4) is 0 Å². The summed E-state index contributed by atoms with van der Waals surface area (Å²) in [5.41, 5.74) is 1.54. The van der Waals surface area contributed by atoms with Gasteiger partial charge in [-0.1, -0.05) is 5.16 Å². The predicted molar refractivity (Wildman–Crippen MR) is 103 cm³/mol. The monoisotopic (exact) mass is 407 g/mol. The molecule has 0 saturated heterocycles. The molecule has 5 heterocycles. The van der Waals surface area contributed by atoms with Crippen molar-refractivity contribution in [2.24, 2.45) is 0 Å². The van der Waals surface area contributed by atoms with Gasteiger partial charge in [0.05, 0.1) is 18.1 Å². The Morgan fingerprint density at radius 1 is 1.13 bits per heavy atom. The number of hydrogen-bond donors (Lipinski definition) is 0. The molecule has 0 aromatic carbocycles. The first kappa shape index (κ1) is 18.0. The quantitative estimate of drug-likeness (QED) is 0.394. The molecule has 5 aromatic heterocycles. The third kappa shape index (κ3) is 2.98. The molecule has 0 unspecified atom stereocenters. The van der Waals surface area contributed by atoms with Crippen molar-refractivity contribution < 1.29 is 14.0 Å². The fourth-order valence-electron chi connectivity index (χ4n) is 3.06. The summed E-state index contributed by atoms with van der Waals surface area (Å²) in [6.07, 6.45) is 3.17. The van der Waals surface area contributed by atoms with Crippen LogP contribution in [0.2, 0.25) is 0 Å². The molecule has 5 aromatic rings. The largest absolute Gasteiger partial charge is 0.467 e. The van der Waals surface area contributed by atoms with Crippen LogP contribution in [0.15, 0.2) is 35.2 Å². The summed E-state index contributed by atoms with van der Waals surface area (Å²) >= 11 is 0. The van der Waals surface area contributed by atoms with Crippen LogP contribution in [-0.4, -0.2) is 51.3 Å². The lowest BCUT2D eigenvalue weighted by atomic mass is 10.3. The Bertz CT molecular complexity index is 1320. The van der Waals surface area contributed by atoms with Crippen LogP contribution in [0.25, 0.3) is 28.1 Å². The van der Waals surface area contributed by atoms with Crippen molar-refractivity contribution >= 4 is 16.6 Å². The lowest BCUT2D eigenvalue weighted by Gasteiger charge is -2.09. The van der Waals surface area contributed by atoms with E-state index in [-0.39, 0.29) is 6.61 Å². The number of hydrogen-bond acceptors (Lipinski definition) is 10. The summed E-state index contributed by atoms with van der Waals surface area (Å²) < 4.78 is 19.8. The number of aromatic nitrogens is 9. The predicted octanol–water partition coefficient (Wildman–Crippen LogP) is 1.92.